The molecule has 1 heterocycles. The van der Waals surface area contributed by atoms with Crippen LogP contribution in [0.5, 0.6) is 0 Å². The summed E-state index contributed by atoms with van der Waals surface area (Å²) in [5, 5.41) is 0. The molecule has 0 bridgehead atoms. The summed E-state index contributed by atoms with van der Waals surface area (Å²) >= 11 is 0. The molecule has 1 aliphatic heterocycles. The van der Waals surface area contributed by atoms with Gasteiger partial charge in [-0.1, -0.05) is 47.5 Å². The van der Waals surface area contributed by atoms with Crippen LogP contribution in [-0.2, 0) is 33.4 Å². The average Bonchev–Trinajstić information content (AvgIpc) is 3.41. The van der Waals surface area contributed by atoms with Crippen LogP contribution in [0.4, 0.5) is 0 Å². The molecule has 45 heavy (non-hydrogen) atoms. The van der Waals surface area contributed by atoms with Crippen LogP contribution in [0.25, 0.3) is 0 Å². The molecule has 0 aromatic rings. The van der Waals surface area contributed by atoms with Crippen LogP contribution in [-0.4, -0.2) is 48.4 Å². The van der Waals surface area contributed by atoms with Crippen molar-refractivity contribution in [3.8, 4) is 0 Å². The van der Waals surface area contributed by atoms with E-state index >= 15 is 0 Å². The molecule has 6 aliphatic rings. The number of ketones is 1. The first-order chi connectivity index (χ1) is 21.3. The van der Waals surface area contributed by atoms with Gasteiger partial charge < -0.3 is 19.0 Å². The van der Waals surface area contributed by atoms with Crippen molar-refractivity contribution in [1.29, 1.82) is 0 Å². The van der Waals surface area contributed by atoms with Crippen molar-refractivity contribution in [2.75, 3.05) is 0 Å². The van der Waals surface area contributed by atoms with Crippen LogP contribution in [0.15, 0.2) is 0 Å². The normalized spacial score (nSPS) is 49.0. The smallest absolute Gasteiger partial charge is 0.303 e. The fourth-order valence-corrected chi connectivity index (χ4v) is 13.1. The topological polar surface area (TPSA) is 96.0 Å². The first-order valence-corrected chi connectivity index (χ1v) is 18.3. The highest BCUT2D eigenvalue weighted by Crippen LogP contribution is 2.75. The summed E-state index contributed by atoms with van der Waals surface area (Å²) in [5.41, 5.74) is 0.962. The minimum atomic E-state index is -0.765. The maximum atomic E-state index is 12.6. The lowest BCUT2D eigenvalue weighted by atomic mass is 9.34. The molecule has 5 saturated carbocycles. The van der Waals surface area contributed by atoms with Gasteiger partial charge in [0.05, 0.1) is 12.0 Å². The number of ether oxygens (including phenoxy) is 3. The Labute approximate surface area is 270 Å². The minimum absolute atomic E-state index is 0.0522. The predicted molar refractivity (Wildman–Crippen MR) is 170 cm³/mol. The minimum Gasteiger partial charge on any atom is -0.458 e. The predicted octanol–water partition coefficient (Wildman–Crippen LogP) is 7.27. The average molecular weight is 627 g/mol. The van der Waals surface area contributed by atoms with Crippen LogP contribution in [0.2, 0.25) is 0 Å². The van der Waals surface area contributed by atoms with E-state index in [1.54, 1.807) is 0 Å². The first-order valence-electron chi connectivity index (χ1n) is 18.3. The molecule has 5 aliphatic carbocycles. The van der Waals surface area contributed by atoms with E-state index in [9.17, 15) is 19.2 Å². The van der Waals surface area contributed by atoms with Gasteiger partial charge >= 0.3 is 11.9 Å². The third kappa shape index (κ3) is 5.06. The molecule has 0 aromatic heterocycles. The number of rotatable bonds is 9. The van der Waals surface area contributed by atoms with E-state index < -0.39 is 42.3 Å². The Hall–Kier alpha value is -1.76. The second kappa shape index (κ2) is 11.7. The van der Waals surface area contributed by atoms with Gasteiger partial charge in [-0.15, -0.1) is 0 Å². The molecule has 0 spiro atoms. The van der Waals surface area contributed by atoms with Gasteiger partial charge in [0, 0.05) is 19.8 Å². The maximum absolute atomic E-state index is 12.6. The summed E-state index contributed by atoms with van der Waals surface area (Å²) in [5.74, 6) is 1.08. The summed E-state index contributed by atoms with van der Waals surface area (Å²) < 4.78 is 17.6. The van der Waals surface area contributed by atoms with Crippen molar-refractivity contribution >= 4 is 24.0 Å². The highest BCUT2D eigenvalue weighted by Gasteiger charge is 2.69. The van der Waals surface area contributed by atoms with Gasteiger partial charge in [0.15, 0.2) is 18.0 Å². The maximum Gasteiger partial charge on any atom is 0.303 e. The quantitative estimate of drug-likeness (QED) is 0.196. The van der Waals surface area contributed by atoms with Gasteiger partial charge in [-0.2, -0.15) is 0 Å². The fraction of sp³-hybridized carbons (Fsp3) is 0.895. The van der Waals surface area contributed by atoms with Gasteiger partial charge in [0.2, 0.25) is 0 Å². The van der Waals surface area contributed by atoms with E-state index in [0.29, 0.717) is 30.1 Å². The molecule has 6 rings (SSSR count). The number of carbonyl (C=O) groups excluding carboxylic acids is 4. The van der Waals surface area contributed by atoms with Gasteiger partial charge in [0.25, 0.3) is 0 Å². The molecule has 0 N–H and O–H groups in total. The lowest BCUT2D eigenvalue weighted by Gasteiger charge is -2.71. The van der Waals surface area contributed by atoms with Crippen LogP contribution >= 0.6 is 0 Å². The van der Waals surface area contributed by atoms with Crippen LogP contribution in [0, 0.1) is 57.2 Å². The van der Waals surface area contributed by atoms with Crippen molar-refractivity contribution in [2.24, 2.45) is 57.2 Å². The molecule has 7 nitrogen and oxygen atoms in total. The van der Waals surface area contributed by atoms with E-state index in [2.05, 4.69) is 34.6 Å². The molecule has 0 radical (unpaired) electrons. The first kappa shape index (κ1) is 33.2. The number of esters is 2. The van der Waals surface area contributed by atoms with Crippen molar-refractivity contribution in [3.05, 3.63) is 0 Å². The SMILES string of the molecule is CCCC1(C)C(C(C)C=O)CCC2(C)C1CCC1C3CCCC3(CCC3OC4C(=O)C4C(OC(C)=O)C3OC(C)=O)CC[C@]12C. The monoisotopic (exact) mass is 626 g/mol. The molecule has 1 saturated heterocycles. The van der Waals surface area contributed by atoms with Crippen LogP contribution < -0.4 is 0 Å². The fourth-order valence-electron chi connectivity index (χ4n) is 13.1. The Bertz CT molecular complexity index is 1200. The largest absolute Gasteiger partial charge is 0.458 e. The molecular weight excluding hydrogens is 568 g/mol. The zero-order valence-electron chi connectivity index (χ0n) is 28.9. The molecule has 252 valence electrons. The van der Waals surface area contributed by atoms with E-state index in [4.69, 9.17) is 14.2 Å². The van der Waals surface area contributed by atoms with E-state index in [1.807, 2.05) is 0 Å². The molecule has 14 atom stereocenters. The van der Waals surface area contributed by atoms with E-state index in [1.165, 1.54) is 84.3 Å². The lowest BCUT2D eigenvalue weighted by Crippen LogP contribution is -2.64. The number of fused-ring (bicyclic) bond motifs is 6. The number of hydrogen-bond acceptors (Lipinski definition) is 7. The van der Waals surface area contributed by atoms with Crippen molar-refractivity contribution in [2.45, 2.75) is 156 Å². The summed E-state index contributed by atoms with van der Waals surface area (Å²) in [6.45, 7) is 15.0. The Morgan fingerprint density at radius 1 is 0.911 bits per heavy atom. The van der Waals surface area contributed by atoms with Gasteiger partial charge in [-0.05, 0) is 116 Å². The lowest BCUT2D eigenvalue weighted by molar-refractivity contribution is -0.222. The van der Waals surface area contributed by atoms with Crippen molar-refractivity contribution in [3.63, 3.8) is 0 Å². The van der Waals surface area contributed by atoms with Crippen LogP contribution in [0.3, 0.4) is 0 Å². The van der Waals surface area contributed by atoms with E-state index in [-0.39, 0.29) is 33.4 Å². The summed E-state index contributed by atoms with van der Waals surface area (Å²) in [6.07, 6.45) is 13.8. The third-order valence-corrected chi connectivity index (χ3v) is 15.2. The Kier molecular flexibility index (Phi) is 8.65. The summed E-state index contributed by atoms with van der Waals surface area (Å²) in [7, 11) is 0. The Morgan fingerprint density at radius 2 is 1.62 bits per heavy atom. The van der Waals surface area contributed by atoms with Gasteiger partial charge in [-0.25, -0.2) is 0 Å². The van der Waals surface area contributed by atoms with E-state index in [0.717, 1.165) is 12.8 Å². The number of aldehydes is 1. The number of hydrogen-bond donors (Lipinski definition) is 0. The van der Waals surface area contributed by atoms with Crippen molar-refractivity contribution in [1.82, 2.24) is 0 Å². The molecule has 0 aromatic carbocycles. The second-order valence-electron chi connectivity index (χ2n) is 17.0. The van der Waals surface area contributed by atoms with Gasteiger partial charge in [-0.3, -0.25) is 14.4 Å². The standard InChI is InChI=1S/C38H58O7/c1-8-15-35(5)25(22(2)21-39)13-17-37(7)29(35)12-11-26-27-10-9-16-38(27,20-19-36(26,37)6)18-14-28-32(43-23(3)40)34(44-24(4)41)30-31(42)33(30)45-28/h21-22,25-30,32-34H,8-20H2,1-7H3/t22?,25?,26?,27?,28?,29?,30?,32?,33?,34?,35?,36-,37?,38?/m1/s1. The molecular formula is C38H58O7. The zero-order chi connectivity index (χ0) is 32.5. The number of carbonyl (C=O) groups is 4. The highest BCUT2D eigenvalue weighted by atomic mass is 16.6. The number of Topliss-reactive ketones (excluding diaryl/α,β-unsaturated/α-hetero) is 1. The zero-order valence-corrected chi connectivity index (χ0v) is 28.9. The summed E-state index contributed by atoms with van der Waals surface area (Å²) in [4.78, 5) is 48.8. The van der Waals surface area contributed by atoms with Crippen molar-refractivity contribution < 1.29 is 33.4 Å². The molecule has 6 fully saturated rings. The second-order valence-corrected chi connectivity index (χ2v) is 17.0. The third-order valence-electron chi connectivity index (χ3n) is 15.2. The molecule has 0 amide bonds. The van der Waals surface area contributed by atoms with Gasteiger partial charge in [0.1, 0.15) is 12.4 Å². The summed E-state index contributed by atoms with van der Waals surface area (Å²) in [6, 6.07) is 0. The Balaban J connectivity index is 1.24. The Morgan fingerprint density at radius 3 is 2.29 bits per heavy atom. The van der Waals surface area contributed by atoms with Crippen LogP contribution in [0.1, 0.15) is 132 Å². The molecule has 13 unspecified atom stereocenters. The highest BCUT2D eigenvalue weighted by molar-refractivity contribution is 6.03. The molecule has 7 heteroatoms.